The molecule has 3 heteroatoms. The van der Waals surface area contributed by atoms with Crippen molar-refractivity contribution < 1.29 is 5.21 Å². The lowest BCUT2D eigenvalue weighted by Gasteiger charge is -1.94. The molecular weight excluding hydrogens is 138 g/mol. The normalized spacial score (nSPS) is 8.67. The van der Waals surface area contributed by atoms with E-state index in [4.69, 9.17) is 5.21 Å². The van der Waals surface area contributed by atoms with Crippen LogP contribution in [0.4, 0.5) is 0 Å². The minimum Gasteiger partial charge on any atom is -0.317 e. The topological polar surface area (TPSA) is 32.3 Å². The van der Waals surface area contributed by atoms with E-state index in [1.165, 1.54) is 19.3 Å². The van der Waals surface area contributed by atoms with Crippen LogP contribution in [0.2, 0.25) is 0 Å². The molecule has 0 spiro atoms. The molecule has 0 rings (SSSR count). The Hall–Kier alpha value is 0.210. The lowest BCUT2D eigenvalue weighted by atomic mass is 10.2. The number of hydroxylamine groups is 1. The van der Waals surface area contributed by atoms with Crippen LogP contribution in [0.15, 0.2) is 0 Å². The predicted molar refractivity (Wildman–Crippen MR) is 41.2 cm³/mol. The van der Waals surface area contributed by atoms with Crippen LogP contribution in [-0.4, -0.2) is 11.8 Å². The van der Waals surface area contributed by atoms with Gasteiger partial charge in [-0.3, -0.25) is 0 Å². The van der Waals surface area contributed by atoms with E-state index < -0.39 is 0 Å². The third-order valence-electron chi connectivity index (χ3n) is 1.14. The van der Waals surface area contributed by atoms with Crippen LogP contribution in [0.5, 0.6) is 0 Å². The second-order valence-electron chi connectivity index (χ2n) is 1.97. The molecule has 0 aromatic rings. The molecule has 0 aliphatic heterocycles. The van der Waals surface area contributed by atoms with Crippen LogP contribution >= 0.6 is 12.4 Å². The van der Waals surface area contributed by atoms with Crippen LogP contribution in [0.1, 0.15) is 32.6 Å². The van der Waals surface area contributed by atoms with Crippen molar-refractivity contribution in [3.63, 3.8) is 0 Å². The molecule has 9 heavy (non-hydrogen) atoms. The molecule has 0 fully saturated rings. The highest BCUT2D eigenvalue weighted by molar-refractivity contribution is 5.85. The van der Waals surface area contributed by atoms with E-state index in [2.05, 4.69) is 12.4 Å². The van der Waals surface area contributed by atoms with Crippen molar-refractivity contribution in [2.24, 2.45) is 0 Å². The first-order chi connectivity index (χ1) is 3.91. The van der Waals surface area contributed by atoms with E-state index in [-0.39, 0.29) is 12.4 Å². The Morgan fingerprint density at radius 1 is 1.22 bits per heavy atom. The Kier molecular flexibility index (Phi) is 14.7. The zero-order valence-corrected chi connectivity index (χ0v) is 6.71. The first-order valence-electron chi connectivity index (χ1n) is 3.28. The van der Waals surface area contributed by atoms with Crippen molar-refractivity contribution in [2.45, 2.75) is 32.6 Å². The van der Waals surface area contributed by atoms with Crippen LogP contribution in [0.3, 0.4) is 0 Å². The highest BCUT2D eigenvalue weighted by Crippen LogP contribution is 1.96. The molecule has 0 aromatic heterocycles. The van der Waals surface area contributed by atoms with Gasteiger partial charge in [0.05, 0.1) is 0 Å². The molecule has 58 valence electrons. The third-order valence-corrected chi connectivity index (χ3v) is 1.14. The van der Waals surface area contributed by atoms with E-state index in [1.807, 2.05) is 0 Å². The van der Waals surface area contributed by atoms with Gasteiger partial charge < -0.3 is 5.21 Å². The van der Waals surface area contributed by atoms with Crippen molar-refractivity contribution in [1.82, 2.24) is 5.48 Å². The first-order valence-corrected chi connectivity index (χ1v) is 3.28. The highest BCUT2D eigenvalue weighted by atomic mass is 35.5. The maximum absolute atomic E-state index is 8.12. The van der Waals surface area contributed by atoms with Gasteiger partial charge in [-0.15, -0.1) is 12.4 Å². The lowest BCUT2D eigenvalue weighted by Crippen LogP contribution is -2.07. The monoisotopic (exact) mass is 153 g/mol. The molecule has 0 aliphatic carbocycles. The number of hydrogen-bond acceptors (Lipinski definition) is 2. The van der Waals surface area contributed by atoms with E-state index in [0.717, 1.165) is 13.0 Å². The molecule has 2 N–H and O–H groups in total. The molecule has 0 bridgehead atoms. The summed E-state index contributed by atoms with van der Waals surface area (Å²) in [6, 6.07) is 0. The van der Waals surface area contributed by atoms with Gasteiger partial charge in [-0.05, 0) is 6.42 Å². The van der Waals surface area contributed by atoms with Gasteiger partial charge in [-0.2, -0.15) is 0 Å². The maximum Gasteiger partial charge on any atom is 0.0207 e. The average Bonchev–Trinajstić information content (AvgIpc) is 1.81. The highest BCUT2D eigenvalue weighted by Gasteiger charge is 1.83. The minimum atomic E-state index is 0. The number of hydrogen-bond donors (Lipinski definition) is 2. The summed E-state index contributed by atoms with van der Waals surface area (Å²) in [5.74, 6) is 0. The molecule has 0 radical (unpaired) electrons. The largest absolute Gasteiger partial charge is 0.317 e. The SMILES string of the molecule is CCCCCCNO.Cl. The van der Waals surface area contributed by atoms with E-state index in [9.17, 15) is 0 Å². The lowest BCUT2D eigenvalue weighted by molar-refractivity contribution is 0.164. The summed E-state index contributed by atoms with van der Waals surface area (Å²) in [6.45, 7) is 2.91. The summed E-state index contributed by atoms with van der Waals surface area (Å²) in [4.78, 5) is 0. The minimum absolute atomic E-state index is 0. The van der Waals surface area contributed by atoms with Crippen LogP contribution in [-0.2, 0) is 0 Å². The second-order valence-corrected chi connectivity index (χ2v) is 1.97. The molecule has 0 heterocycles. The molecular formula is C6H16ClNO. The van der Waals surface area contributed by atoms with Crippen molar-refractivity contribution in [3.8, 4) is 0 Å². The molecule has 0 unspecified atom stereocenters. The molecule has 0 atom stereocenters. The summed E-state index contributed by atoms with van der Waals surface area (Å²) in [5.41, 5.74) is 2.13. The smallest absolute Gasteiger partial charge is 0.0207 e. The van der Waals surface area contributed by atoms with Crippen LogP contribution in [0.25, 0.3) is 0 Å². The Balaban J connectivity index is 0. The number of nitrogens with one attached hydrogen (secondary N) is 1. The fourth-order valence-corrected chi connectivity index (χ4v) is 0.631. The van der Waals surface area contributed by atoms with Crippen LogP contribution in [0, 0.1) is 0 Å². The molecule has 0 saturated heterocycles. The van der Waals surface area contributed by atoms with Gasteiger partial charge in [0.1, 0.15) is 0 Å². The fraction of sp³-hybridized carbons (Fsp3) is 1.00. The molecule has 0 aliphatic rings. The molecule has 0 amide bonds. The summed E-state index contributed by atoms with van der Waals surface area (Å²) >= 11 is 0. The van der Waals surface area contributed by atoms with Gasteiger partial charge in [0.15, 0.2) is 0 Å². The predicted octanol–water partition coefficient (Wildman–Crippen LogP) is 1.97. The molecule has 0 saturated carbocycles. The summed E-state index contributed by atoms with van der Waals surface area (Å²) < 4.78 is 0. The molecule has 2 nitrogen and oxygen atoms in total. The van der Waals surface area contributed by atoms with Crippen molar-refractivity contribution in [2.75, 3.05) is 6.54 Å². The Bertz CT molecular complexity index is 38.0. The first kappa shape index (κ1) is 11.9. The summed E-state index contributed by atoms with van der Waals surface area (Å²) in [5, 5.41) is 8.12. The van der Waals surface area contributed by atoms with Gasteiger partial charge in [0.25, 0.3) is 0 Å². The van der Waals surface area contributed by atoms with E-state index in [0.29, 0.717) is 0 Å². The Morgan fingerprint density at radius 3 is 2.33 bits per heavy atom. The zero-order valence-electron chi connectivity index (χ0n) is 5.89. The summed E-state index contributed by atoms with van der Waals surface area (Å²) in [6.07, 6.45) is 4.85. The second kappa shape index (κ2) is 11.1. The quantitative estimate of drug-likeness (QED) is 0.468. The van der Waals surface area contributed by atoms with E-state index >= 15 is 0 Å². The third kappa shape index (κ3) is 11.7. The summed E-state index contributed by atoms with van der Waals surface area (Å²) in [7, 11) is 0. The Labute approximate surface area is 63.0 Å². The van der Waals surface area contributed by atoms with Gasteiger partial charge in [-0.25, -0.2) is 5.48 Å². The molecule has 0 aromatic carbocycles. The van der Waals surface area contributed by atoms with Crippen molar-refractivity contribution >= 4 is 12.4 Å². The number of halogens is 1. The maximum atomic E-state index is 8.12. The van der Waals surface area contributed by atoms with Gasteiger partial charge in [-0.1, -0.05) is 26.2 Å². The average molecular weight is 154 g/mol. The van der Waals surface area contributed by atoms with Crippen molar-refractivity contribution in [3.05, 3.63) is 0 Å². The van der Waals surface area contributed by atoms with Gasteiger partial charge >= 0.3 is 0 Å². The van der Waals surface area contributed by atoms with Crippen molar-refractivity contribution in [1.29, 1.82) is 0 Å². The van der Waals surface area contributed by atoms with Gasteiger partial charge in [0, 0.05) is 6.54 Å². The number of rotatable bonds is 5. The zero-order chi connectivity index (χ0) is 6.24. The van der Waals surface area contributed by atoms with Gasteiger partial charge in [0.2, 0.25) is 0 Å². The number of unbranched alkanes of at least 4 members (excludes halogenated alkanes) is 3. The van der Waals surface area contributed by atoms with Crippen LogP contribution < -0.4 is 5.48 Å². The standard InChI is InChI=1S/C6H15NO.ClH/c1-2-3-4-5-6-7-8;/h7-8H,2-6H2,1H3;1H. The fourth-order valence-electron chi connectivity index (χ4n) is 0.631. The van der Waals surface area contributed by atoms with E-state index in [1.54, 1.807) is 0 Å². The Morgan fingerprint density at radius 2 is 1.89 bits per heavy atom.